The van der Waals surface area contributed by atoms with Gasteiger partial charge in [-0.2, -0.15) is 0 Å². The SMILES string of the molecule is Cc1ccc(COc2cc(C(=O)O)ccc2[N+](=O)[O-])o1. The third-order valence-corrected chi connectivity index (χ3v) is 2.57. The number of carbonyl (C=O) groups is 1. The van der Waals surface area contributed by atoms with Crippen molar-refractivity contribution in [2.24, 2.45) is 0 Å². The Labute approximate surface area is 113 Å². The zero-order chi connectivity index (χ0) is 14.7. The molecule has 0 fully saturated rings. The molecule has 2 aromatic rings. The maximum absolute atomic E-state index is 10.9. The summed E-state index contributed by atoms with van der Waals surface area (Å²) in [5, 5.41) is 19.8. The minimum atomic E-state index is -1.18. The third-order valence-electron chi connectivity index (χ3n) is 2.57. The molecule has 7 nitrogen and oxygen atoms in total. The quantitative estimate of drug-likeness (QED) is 0.665. The molecule has 0 spiro atoms. The van der Waals surface area contributed by atoms with Crippen molar-refractivity contribution in [3.05, 3.63) is 57.5 Å². The maximum Gasteiger partial charge on any atom is 0.335 e. The van der Waals surface area contributed by atoms with Crippen molar-refractivity contribution >= 4 is 11.7 Å². The molecule has 0 radical (unpaired) electrons. The molecule has 7 heteroatoms. The first-order chi connectivity index (χ1) is 9.47. The van der Waals surface area contributed by atoms with Crippen molar-refractivity contribution in [2.75, 3.05) is 0 Å². The summed E-state index contributed by atoms with van der Waals surface area (Å²) in [6, 6.07) is 6.80. The first-order valence-corrected chi connectivity index (χ1v) is 5.67. The molecule has 104 valence electrons. The van der Waals surface area contributed by atoms with E-state index in [2.05, 4.69) is 0 Å². The molecule has 1 aromatic heterocycles. The average molecular weight is 277 g/mol. The maximum atomic E-state index is 10.9. The molecule has 20 heavy (non-hydrogen) atoms. The molecular formula is C13H11NO6. The number of furan rings is 1. The van der Waals surface area contributed by atoms with Crippen molar-refractivity contribution in [3.8, 4) is 5.75 Å². The molecule has 0 unspecified atom stereocenters. The fourth-order valence-electron chi connectivity index (χ4n) is 1.63. The lowest BCUT2D eigenvalue weighted by molar-refractivity contribution is -0.386. The highest BCUT2D eigenvalue weighted by Gasteiger charge is 2.18. The molecular weight excluding hydrogens is 266 g/mol. The number of rotatable bonds is 5. The fourth-order valence-corrected chi connectivity index (χ4v) is 1.63. The number of carboxylic acid groups (broad SMARTS) is 1. The number of nitro groups is 1. The van der Waals surface area contributed by atoms with Gasteiger partial charge in [-0.25, -0.2) is 4.79 Å². The highest BCUT2D eigenvalue weighted by molar-refractivity contribution is 5.88. The first kappa shape index (κ1) is 13.6. The summed E-state index contributed by atoms with van der Waals surface area (Å²) in [6.07, 6.45) is 0. The van der Waals surface area contributed by atoms with Gasteiger partial charge in [0.1, 0.15) is 18.1 Å². The number of benzene rings is 1. The smallest absolute Gasteiger partial charge is 0.335 e. The highest BCUT2D eigenvalue weighted by Crippen LogP contribution is 2.29. The summed E-state index contributed by atoms with van der Waals surface area (Å²) in [6.45, 7) is 1.74. The Bertz CT molecular complexity index is 661. The van der Waals surface area contributed by atoms with E-state index in [1.807, 2.05) is 0 Å². The lowest BCUT2D eigenvalue weighted by atomic mass is 10.2. The van der Waals surface area contributed by atoms with Crippen LogP contribution in [-0.4, -0.2) is 16.0 Å². The van der Waals surface area contributed by atoms with Crippen molar-refractivity contribution in [2.45, 2.75) is 13.5 Å². The van der Waals surface area contributed by atoms with Gasteiger partial charge >= 0.3 is 11.7 Å². The van der Waals surface area contributed by atoms with E-state index in [0.717, 1.165) is 18.2 Å². The Hall–Kier alpha value is -2.83. The van der Waals surface area contributed by atoms with Crippen LogP contribution in [0.1, 0.15) is 21.9 Å². The number of aryl methyl sites for hydroxylation is 1. The van der Waals surface area contributed by atoms with Crippen LogP contribution < -0.4 is 4.74 Å². The van der Waals surface area contributed by atoms with E-state index in [4.69, 9.17) is 14.3 Å². The van der Waals surface area contributed by atoms with Crippen LogP contribution in [0.2, 0.25) is 0 Å². The van der Waals surface area contributed by atoms with Crippen LogP contribution in [0.3, 0.4) is 0 Å². The van der Waals surface area contributed by atoms with Crippen molar-refractivity contribution in [1.82, 2.24) is 0 Å². The van der Waals surface area contributed by atoms with Gasteiger partial charge in [0.05, 0.1) is 10.5 Å². The standard InChI is InChI=1S/C13H11NO6/c1-8-2-4-10(20-8)7-19-12-6-9(13(15)16)3-5-11(12)14(17)18/h2-6H,7H2,1H3,(H,15,16). The van der Waals surface area contributed by atoms with Crippen LogP contribution >= 0.6 is 0 Å². The Morgan fingerprint density at radius 3 is 2.70 bits per heavy atom. The monoisotopic (exact) mass is 277 g/mol. The summed E-state index contributed by atoms with van der Waals surface area (Å²) in [4.78, 5) is 21.1. The number of hydrogen-bond donors (Lipinski definition) is 1. The fraction of sp³-hybridized carbons (Fsp3) is 0.154. The molecule has 2 rings (SSSR count). The zero-order valence-electron chi connectivity index (χ0n) is 10.5. The van der Waals surface area contributed by atoms with Crippen LogP contribution in [0.5, 0.6) is 5.75 Å². The lowest BCUT2D eigenvalue weighted by Crippen LogP contribution is -2.02. The van der Waals surface area contributed by atoms with Gasteiger partial charge in [0.15, 0.2) is 5.75 Å². The number of nitro benzene ring substituents is 1. The molecule has 0 aliphatic rings. The van der Waals surface area contributed by atoms with Gasteiger partial charge in [-0.15, -0.1) is 0 Å². The molecule has 0 saturated carbocycles. The number of aromatic carboxylic acids is 1. The molecule has 0 atom stereocenters. The van der Waals surface area contributed by atoms with Gasteiger partial charge in [-0.1, -0.05) is 0 Å². The predicted octanol–water partition coefficient (Wildman–Crippen LogP) is 2.77. The van der Waals surface area contributed by atoms with E-state index in [1.54, 1.807) is 19.1 Å². The number of nitrogens with zero attached hydrogens (tertiary/aromatic N) is 1. The zero-order valence-corrected chi connectivity index (χ0v) is 10.5. The molecule has 0 aliphatic carbocycles. The summed E-state index contributed by atoms with van der Waals surface area (Å²) in [7, 11) is 0. The number of ether oxygens (including phenoxy) is 1. The van der Waals surface area contributed by atoms with E-state index < -0.39 is 10.9 Å². The molecule has 0 amide bonds. The molecule has 1 aromatic carbocycles. The average Bonchev–Trinajstić information content (AvgIpc) is 2.81. The van der Waals surface area contributed by atoms with E-state index in [-0.39, 0.29) is 23.6 Å². The topological polar surface area (TPSA) is 103 Å². The van der Waals surface area contributed by atoms with Crippen molar-refractivity contribution < 1.29 is 24.0 Å². The first-order valence-electron chi connectivity index (χ1n) is 5.67. The van der Waals surface area contributed by atoms with Gasteiger partial charge in [-0.05, 0) is 25.1 Å². The van der Waals surface area contributed by atoms with Gasteiger partial charge in [0, 0.05) is 12.1 Å². The van der Waals surface area contributed by atoms with Crippen LogP contribution in [-0.2, 0) is 6.61 Å². The Balaban J connectivity index is 2.25. The van der Waals surface area contributed by atoms with Gasteiger partial charge in [0.25, 0.3) is 0 Å². The number of carboxylic acids is 1. The predicted molar refractivity (Wildman–Crippen MR) is 67.8 cm³/mol. The molecule has 1 N–H and O–H groups in total. The van der Waals surface area contributed by atoms with E-state index in [0.29, 0.717) is 11.5 Å². The van der Waals surface area contributed by atoms with Crippen LogP contribution in [0.25, 0.3) is 0 Å². The highest BCUT2D eigenvalue weighted by atomic mass is 16.6. The van der Waals surface area contributed by atoms with E-state index >= 15 is 0 Å². The number of hydrogen-bond acceptors (Lipinski definition) is 5. The molecule has 0 saturated heterocycles. The van der Waals surface area contributed by atoms with Gasteiger partial charge in [0.2, 0.25) is 0 Å². The summed E-state index contributed by atoms with van der Waals surface area (Å²) < 4.78 is 10.6. The normalized spacial score (nSPS) is 10.2. The summed E-state index contributed by atoms with van der Waals surface area (Å²) in [5.41, 5.74) is -0.375. The van der Waals surface area contributed by atoms with E-state index in [1.165, 1.54) is 0 Å². The third kappa shape index (κ3) is 2.94. The van der Waals surface area contributed by atoms with Crippen molar-refractivity contribution in [1.29, 1.82) is 0 Å². The van der Waals surface area contributed by atoms with Crippen LogP contribution in [0, 0.1) is 17.0 Å². The van der Waals surface area contributed by atoms with E-state index in [9.17, 15) is 14.9 Å². The van der Waals surface area contributed by atoms with Gasteiger partial charge < -0.3 is 14.3 Å². The molecule has 0 aliphatic heterocycles. The Kier molecular flexibility index (Phi) is 3.69. The van der Waals surface area contributed by atoms with Gasteiger partial charge in [-0.3, -0.25) is 10.1 Å². The molecule has 0 bridgehead atoms. The van der Waals surface area contributed by atoms with Crippen LogP contribution in [0.15, 0.2) is 34.7 Å². The van der Waals surface area contributed by atoms with Crippen LogP contribution in [0.4, 0.5) is 5.69 Å². The minimum absolute atomic E-state index is 0.0161. The largest absolute Gasteiger partial charge is 0.479 e. The lowest BCUT2D eigenvalue weighted by Gasteiger charge is -2.06. The van der Waals surface area contributed by atoms with Crippen molar-refractivity contribution in [3.63, 3.8) is 0 Å². The minimum Gasteiger partial charge on any atom is -0.479 e. The Morgan fingerprint density at radius 1 is 1.40 bits per heavy atom. The summed E-state index contributed by atoms with van der Waals surface area (Å²) in [5.74, 6) is -0.0996. The summed E-state index contributed by atoms with van der Waals surface area (Å²) >= 11 is 0. The second kappa shape index (κ2) is 5.43. The molecule has 1 heterocycles. The Morgan fingerprint density at radius 2 is 2.15 bits per heavy atom. The second-order valence-electron chi connectivity index (χ2n) is 4.05. The second-order valence-corrected chi connectivity index (χ2v) is 4.05.